The minimum Gasteiger partial charge on any atom is -0.373 e. The van der Waals surface area contributed by atoms with Crippen molar-refractivity contribution < 1.29 is 23.6 Å². The maximum Gasteiger partial charge on any atom is 0.330 e. The summed E-state index contributed by atoms with van der Waals surface area (Å²) in [5.74, 6) is 0.575. The van der Waals surface area contributed by atoms with Crippen molar-refractivity contribution in [1.82, 2.24) is 9.55 Å². The van der Waals surface area contributed by atoms with E-state index in [1.807, 2.05) is 55.2 Å². The Morgan fingerprint density at radius 3 is 2.51 bits per heavy atom. The molecule has 0 spiro atoms. The molecular formula is C30H32N2O7P2. The van der Waals surface area contributed by atoms with E-state index in [1.165, 1.54) is 16.8 Å². The summed E-state index contributed by atoms with van der Waals surface area (Å²) in [5.41, 5.74) is 1.16. The lowest BCUT2D eigenvalue weighted by Gasteiger charge is -2.23. The zero-order valence-electron chi connectivity index (χ0n) is 22.5. The third kappa shape index (κ3) is 6.52. The Kier molecular flexibility index (Phi) is 8.75. The molecule has 41 heavy (non-hydrogen) atoms. The van der Waals surface area contributed by atoms with E-state index < -0.39 is 58.4 Å². The minimum atomic E-state index is -1.26. The van der Waals surface area contributed by atoms with Gasteiger partial charge in [0.05, 0.1) is 6.61 Å². The molecule has 4 aromatic rings. The average Bonchev–Trinajstić information content (AvgIpc) is 3.52. The molecule has 2 aliphatic rings. The Balaban J connectivity index is 1.11. The first-order valence-electron chi connectivity index (χ1n) is 13.5. The summed E-state index contributed by atoms with van der Waals surface area (Å²) in [4.78, 5) is 37.5. The molecule has 0 bridgehead atoms. The Bertz CT molecular complexity index is 1590. The summed E-state index contributed by atoms with van der Waals surface area (Å²) in [7, 11) is -2.20. The fraction of sp³-hybridized carbons (Fsp3) is 0.333. The van der Waals surface area contributed by atoms with Gasteiger partial charge in [0, 0.05) is 47.0 Å². The highest BCUT2D eigenvalue weighted by atomic mass is 31.2. The van der Waals surface area contributed by atoms with Crippen molar-refractivity contribution in [3.63, 3.8) is 0 Å². The SMILES string of the molecule is CP(CP(O)Cc1cccc2ccccc12)OCC1OC(n2ccc(=O)[nH]c2=O)C2OC(Cc3ccccc3)OC12. The number of H-pyrrole nitrogens is 1. The highest BCUT2D eigenvalue weighted by Crippen LogP contribution is 2.50. The van der Waals surface area contributed by atoms with E-state index in [0.29, 0.717) is 18.5 Å². The van der Waals surface area contributed by atoms with Crippen LogP contribution in [0.3, 0.4) is 0 Å². The predicted octanol–water partition coefficient (Wildman–Crippen LogP) is 4.53. The smallest absolute Gasteiger partial charge is 0.330 e. The van der Waals surface area contributed by atoms with Crippen molar-refractivity contribution in [2.45, 2.75) is 43.4 Å². The molecule has 7 unspecified atom stereocenters. The van der Waals surface area contributed by atoms with Gasteiger partial charge >= 0.3 is 5.69 Å². The second-order valence-electron chi connectivity index (χ2n) is 10.3. The molecule has 6 rings (SSSR count). The summed E-state index contributed by atoms with van der Waals surface area (Å²) in [5, 5.41) is 2.33. The van der Waals surface area contributed by atoms with Crippen molar-refractivity contribution in [1.29, 1.82) is 0 Å². The number of fused-ring (bicyclic) bond motifs is 2. The van der Waals surface area contributed by atoms with E-state index in [1.54, 1.807) is 0 Å². The summed E-state index contributed by atoms with van der Waals surface area (Å²) < 4.78 is 26.4. The van der Waals surface area contributed by atoms with Gasteiger partial charge in [0.2, 0.25) is 0 Å². The van der Waals surface area contributed by atoms with Crippen molar-refractivity contribution in [3.05, 3.63) is 117 Å². The fourth-order valence-corrected chi connectivity index (χ4v) is 9.07. The van der Waals surface area contributed by atoms with Crippen LogP contribution in [0.15, 0.2) is 94.6 Å². The molecule has 0 radical (unpaired) electrons. The van der Waals surface area contributed by atoms with Crippen LogP contribution in [0.1, 0.15) is 17.4 Å². The Hall–Kier alpha value is -2.74. The molecule has 11 heteroatoms. The lowest BCUT2D eigenvalue weighted by Crippen LogP contribution is -2.36. The topological polar surface area (TPSA) is 112 Å². The van der Waals surface area contributed by atoms with Crippen molar-refractivity contribution in [2.75, 3.05) is 19.2 Å². The first-order valence-corrected chi connectivity index (χ1v) is 17.1. The van der Waals surface area contributed by atoms with Gasteiger partial charge in [0.25, 0.3) is 5.56 Å². The number of nitrogens with one attached hydrogen (secondary N) is 1. The standard InChI is InChI=1S/C30H32N2O7P2/c1-40(19-41(35)18-22-12-7-11-21-10-5-6-13-23(21)22)36-17-24-27-28(29(37-24)32-15-14-25(33)31-30(32)34)39-26(38-27)16-20-8-3-2-4-9-20/h2-15,24,26-29,35H,16-19H2,1H3,(H,31,33,34). The van der Waals surface area contributed by atoms with Gasteiger partial charge in [-0.05, 0) is 28.6 Å². The van der Waals surface area contributed by atoms with Crippen LogP contribution in [-0.4, -0.2) is 58.2 Å². The van der Waals surface area contributed by atoms with E-state index in [0.717, 1.165) is 21.9 Å². The second kappa shape index (κ2) is 12.6. The van der Waals surface area contributed by atoms with Crippen LogP contribution in [0.25, 0.3) is 10.8 Å². The molecule has 0 amide bonds. The van der Waals surface area contributed by atoms with Crippen LogP contribution in [0.4, 0.5) is 0 Å². The number of benzene rings is 3. The van der Waals surface area contributed by atoms with Crippen molar-refractivity contribution in [2.24, 2.45) is 0 Å². The molecule has 2 N–H and O–H groups in total. The van der Waals surface area contributed by atoms with Gasteiger partial charge in [-0.2, -0.15) is 0 Å². The molecule has 3 aromatic carbocycles. The predicted molar refractivity (Wildman–Crippen MR) is 159 cm³/mol. The molecule has 2 aliphatic heterocycles. The van der Waals surface area contributed by atoms with Crippen LogP contribution in [0.5, 0.6) is 0 Å². The molecule has 2 fully saturated rings. The summed E-state index contributed by atoms with van der Waals surface area (Å²) >= 11 is 0. The lowest BCUT2D eigenvalue weighted by atomic mass is 10.1. The van der Waals surface area contributed by atoms with Crippen molar-refractivity contribution in [3.8, 4) is 0 Å². The molecule has 0 aliphatic carbocycles. The number of ether oxygens (including phenoxy) is 3. The van der Waals surface area contributed by atoms with E-state index >= 15 is 0 Å². The van der Waals surface area contributed by atoms with Gasteiger partial charge in [-0.25, -0.2) is 4.79 Å². The quantitative estimate of drug-likeness (QED) is 0.260. The number of aromatic amines is 1. The fourth-order valence-electron chi connectivity index (χ4n) is 5.44. The summed E-state index contributed by atoms with van der Waals surface area (Å²) in [6.07, 6.45) is -0.203. The van der Waals surface area contributed by atoms with Crippen molar-refractivity contribution >= 4 is 27.1 Å². The highest BCUT2D eigenvalue weighted by molar-refractivity contribution is 7.68. The van der Waals surface area contributed by atoms with E-state index in [9.17, 15) is 14.5 Å². The van der Waals surface area contributed by atoms with E-state index in [4.69, 9.17) is 18.7 Å². The zero-order valence-corrected chi connectivity index (χ0v) is 24.3. The van der Waals surface area contributed by atoms with Crippen LogP contribution < -0.4 is 11.2 Å². The monoisotopic (exact) mass is 594 g/mol. The van der Waals surface area contributed by atoms with Gasteiger partial charge in [0.15, 0.2) is 12.5 Å². The van der Waals surface area contributed by atoms with Gasteiger partial charge in [-0.15, -0.1) is 0 Å². The molecule has 0 saturated carbocycles. The summed E-state index contributed by atoms with van der Waals surface area (Å²) in [6.45, 7) is 2.24. The first kappa shape index (κ1) is 28.4. The van der Waals surface area contributed by atoms with Gasteiger partial charge in [-0.1, -0.05) is 72.8 Å². The Morgan fingerprint density at radius 2 is 1.68 bits per heavy atom. The van der Waals surface area contributed by atoms with Gasteiger partial charge < -0.3 is 23.6 Å². The Morgan fingerprint density at radius 1 is 0.927 bits per heavy atom. The van der Waals surface area contributed by atoms with Gasteiger partial charge in [-0.3, -0.25) is 14.3 Å². The zero-order chi connectivity index (χ0) is 28.3. The van der Waals surface area contributed by atoms with E-state index in [2.05, 4.69) is 29.2 Å². The third-order valence-corrected chi connectivity index (χ3v) is 11.5. The Labute approximate surface area is 239 Å². The highest BCUT2D eigenvalue weighted by Gasteiger charge is 2.53. The molecule has 7 atom stereocenters. The molecule has 1 aromatic heterocycles. The maximum absolute atomic E-state index is 12.6. The number of nitrogens with zero attached hydrogens (tertiary/aromatic N) is 1. The molecule has 2 saturated heterocycles. The number of hydrogen-bond donors (Lipinski definition) is 2. The average molecular weight is 595 g/mol. The minimum absolute atomic E-state index is 0.233. The van der Waals surface area contributed by atoms with Crippen LogP contribution in [0, 0.1) is 0 Å². The van der Waals surface area contributed by atoms with Crippen LogP contribution in [0.2, 0.25) is 0 Å². The summed E-state index contributed by atoms with van der Waals surface area (Å²) in [6, 6.07) is 25.6. The maximum atomic E-state index is 12.6. The molecule has 3 heterocycles. The molecule has 214 valence electrons. The normalized spacial score (nSPS) is 25.3. The number of aromatic nitrogens is 2. The lowest BCUT2D eigenvalue weighted by molar-refractivity contribution is -0.149. The largest absolute Gasteiger partial charge is 0.373 e. The van der Waals surface area contributed by atoms with E-state index in [-0.39, 0.29) is 6.61 Å². The first-order chi connectivity index (χ1) is 19.9. The number of hydrogen-bond acceptors (Lipinski definition) is 7. The van der Waals surface area contributed by atoms with Crippen LogP contribution in [-0.2, 0) is 31.3 Å². The van der Waals surface area contributed by atoms with Gasteiger partial charge in [0.1, 0.15) is 18.3 Å². The third-order valence-electron chi connectivity index (χ3n) is 7.33. The second-order valence-corrected chi connectivity index (χ2v) is 14.2. The number of rotatable bonds is 10. The molecule has 9 nitrogen and oxygen atoms in total. The van der Waals surface area contributed by atoms with Crippen LogP contribution >= 0.6 is 16.3 Å². The molecular weight excluding hydrogens is 562 g/mol.